The third-order valence-electron chi connectivity index (χ3n) is 3.10. The van der Waals surface area contributed by atoms with Gasteiger partial charge in [0.25, 0.3) is 5.91 Å². The lowest BCUT2D eigenvalue weighted by atomic mass is 10.3. The second-order valence-corrected chi connectivity index (χ2v) is 4.03. The number of rotatable bonds is 4. The third kappa shape index (κ3) is 1.93. The highest BCUT2D eigenvalue weighted by atomic mass is 16.8. The van der Waals surface area contributed by atoms with Crippen molar-refractivity contribution >= 4 is 0 Å². The lowest BCUT2D eigenvalue weighted by molar-refractivity contribution is -0.141. The molecule has 0 bridgehead atoms. The van der Waals surface area contributed by atoms with E-state index < -0.39 is 0 Å². The van der Waals surface area contributed by atoms with E-state index in [1.165, 1.54) is 13.0 Å². The summed E-state index contributed by atoms with van der Waals surface area (Å²) in [5.41, 5.74) is 0. The number of hydrogen-bond donors (Lipinski definition) is 0. The summed E-state index contributed by atoms with van der Waals surface area (Å²) in [6.45, 7) is 8.59. The van der Waals surface area contributed by atoms with Gasteiger partial charge in [-0.2, -0.15) is 0 Å². The van der Waals surface area contributed by atoms with Gasteiger partial charge in [0.2, 0.25) is 0 Å². The molecule has 14 heavy (non-hydrogen) atoms. The number of nitrogens with zero attached hydrogens (tertiary/aromatic N) is 2. The van der Waals surface area contributed by atoms with E-state index in [1.54, 1.807) is 7.11 Å². The van der Waals surface area contributed by atoms with Crippen LogP contribution >= 0.6 is 0 Å². The fourth-order valence-electron chi connectivity index (χ4n) is 2.12. The normalized spacial score (nSPS) is 34.7. The molecule has 4 nitrogen and oxygen atoms in total. The van der Waals surface area contributed by atoms with Crippen molar-refractivity contribution in [1.82, 2.24) is 9.80 Å². The Morgan fingerprint density at radius 3 is 2.36 bits per heavy atom. The molecule has 0 spiro atoms. The minimum atomic E-state index is -0.349. The second kappa shape index (κ2) is 4.14. The predicted molar refractivity (Wildman–Crippen MR) is 54.0 cm³/mol. The van der Waals surface area contributed by atoms with E-state index in [-0.39, 0.29) is 5.91 Å². The Bertz CT molecular complexity index is 187. The van der Waals surface area contributed by atoms with E-state index >= 15 is 0 Å². The summed E-state index contributed by atoms with van der Waals surface area (Å²) in [5, 5.41) is 0. The van der Waals surface area contributed by atoms with Crippen LogP contribution in [0, 0.1) is 0 Å². The summed E-state index contributed by atoms with van der Waals surface area (Å²) in [7, 11) is 1.73. The van der Waals surface area contributed by atoms with Gasteiger partial charge in [-0.3, -0.25) is 0 Å². The van der Waals surface area contributed by atoms with Crippen LogP contribution in [0.25, 0.3) is 0 Å². The first-order valence-electron chi connectivity index (χ1n) is 5.47. The SMILES string of the molecule is CCCN1CCN(C2(OC)CO2)CC1. The average Bonchev–Trinajstić information content (AvgIpc) is 3.00. The van der Waals surface area contributed by atoms with E-state index in [9.17, 15) is 0 Å². The van der Waals surface area contributed by atoms with Gasteiger partial charge in [0.15, 0.2) is 0 Å². The van der Waals surface area contributed by atoms with E-state index in [0.717, 1.165) is 32.8 Å². The summed E-state index contributed by atoms with van der Waals surface area (Å²) >= 11 is 0. The van der Waals surface area contributed by atoms with Gasteiger partial charge < -0.3 is 14.4 Å². The van der Waals surface area contributed by atoms with Gasteiger partial charge in [-0.05, 0) is 13.0 Å². The molecule has 4 heteroatoms. The molecule has 0 aromatic heterocycles. The van der Waals surface area contributed by atoms with Crippen LogP contribution in [0.2, 0.25) is 0 Å². The largest absolute Gasteiger partial charge is 0.339 e. The van der Waals surface area contributed by atoms with Crippen LogP contribution in [0.1, 0.15) is 13.3 Å². The Kier molecular flexibility index (Phi) is 3.07. The molecule has 82 valence electrons. The monoisotopic (exact) mass is 200 g/mol. The zero-order valence-electron chi connectivity index (χ0n) is 9.16. The maximum atomic E-state index is 5.37. The Labute approximate surface area is 85.8 Å². The Balaban J connectivity index is 1.78. The van der Waals surface area contributed by atoms with Crippen molar-refractivity contribution in [3.8, 4) is 0 Å². The van der Waals surface area contributed by atoms with E-state index in [2.05, 4.69) is 16.7 Å². The number of epoxide rings is 1. The molecule has 1 unspecified atom stereocenters. The number of methoxy groups -OCH3 is 1. The minimum absolute atomic E-state index is 0.349. The molecule has 2 rings (SSSR count). The fourth-order valence-corrected chi connectivity index (χ4v) is 2.12. The minimum Gasteiger partial charge on any atom is -0.339 e. The Morgan fingerprint density at radius 2 is 1.93 bits per heavy atom. The molecule has 2 heterocycles. The predicted octanol–water partition coefficient (Wildman–Crippen LogP) is 0.344. The van der Waals surface area contributed by atoms with Crippen molar-refractivity contribution < 1.29 is 9.47 Å². The molecule has 0 N–H and O–H groups in total. The Hall–Kier alpha value is -0.160. The van der Waals surface area contributed by atoms with Gasteiger partial charge in [-0.1, -0.05) is 6.92 Å². The zero-order chi connectivity index (χ0) is 10.0. The molecular weight excluding hydrogens is 180 g/mol. The molecule has 2 aliphatic rings. The molecule has 1 atom stereocenters. The van der Waals surface area contributed by atoms with Crippen LogP contribution in [-0.2, 0) is 9.47 Å². The van der Waals surface area contributed by atoms with Crippen molar-refractivity contribution in [3.63, 3.8) is 0 Å². The highest BCUT2D eigenvalue weighted by molar-refractivity contribution is 4.86. The lowest BCUT2D eigenvalue weighted by Gasteiger charge is -2.36. The van der Waals surface area contributed by atoms with Crippen molar-refractivity contribution in [3.05, 3.63) is 0 Å². The van der Waals surface area contributed by atoms with Crippen LogP contribution in [-0.4, -0.2) is 62.2 Å². The van der Waals surface area contributed by atoms with Crippen LogP contribution in [0.4, 0.5) is 0 Å². The second-order valence-electron chi connectivity index (χ2n) is 4.03. The first kappa shape index (κ1) is 10.4. The van der Waals surface area contributed by atoms with Crippen molar-refractivity contribution in [2.24, 2.45) is 0 Å². The van der Waals surface area contributed by atoms with Crippen molar-refractivity contribution in [2.45, 2.75) is 19.3 Å². The zero-order valence-corrected chi connectivity index (χ0v) is 9.16. The summed E-state index contributed by atoms with van der Waals surface area (Å²) in [6, 6.07) is 0. The van der Waals surface area contributed by atoms with Gasteiger partial charge in [-0.15, -0.1) is 0 Å². The molecule has 2 aliphatic heterocycles. The van der Waals surface area contributed by atoms with Gasteiger partial charge in [0.05, 0.1) is 0 Å². The standard InChI is InChI=1S/C10H20N2O2/c1-3-4-11-5-7-12(8-6-11)10(13-2)9-14-10/h3-9H2,1-2H3. The van der Waals surface area contributed by atoms with Gasteiger partial charge >= 0.3 is 0 Å². The van der Waals surface area contributed by atoms with Crippen LogP contribution in [0.3, 0.4) is 0 Å². The van der Waals surface area contributed by atoms with E-state index in [1.807, 2.05) is 0 Å². The van der Waals surface area contributed by atoms with Gasteiger partial charge in [-0.25, -0.2) is 4.90 Å². The highest BCUT2D eigenvalue weighted by Gasteiger charge is 2.51. The van der Waals surface area contributed by atoms with Crippen LogP contribution in [0.5, 0.6) is 0 Å². The van der Waals surface area contributed by atoms with Crippen LogP contribution in [0.15, 0.2) is 0 Å². The van der Waals surface area contributed by atoms with Gasteiger partial charge in [0.1, 0.15) is 6.61 Å². The average molecular weight is 200 g/mol. The molecule has 2 saturated heterocycles. The fraction of sp³-hybridized carbons (Fsp3) is 1.00. The molecule has 0 aromatic carbocycles. The molecular formula is C10H20N2O2. The molecule has 0 aromatic rings. The maximum Gasteiger partial charge on any atom is 0.254 e. The summed E-state index contributed by atoms with van der Waals surface area (Å²) < 4.78 is 10.7. The number of ether oxygens (including phenoxy) is 2. The van der Waals surface area contributed by atoms with Crippen LogP contribution < -0.4 is 0 Å². The Morgan fingerprint density at radius 1 is 1.29 bits per heavy atom. The lowest BCUT2D eigenvalue weighted by Crippen LogP contribution is -2.52. The third-order valence-corrected chi connectivity index (χ3v) is 3.10. The highest BCUT2D eigenvalue weighted by Crippen LogP contribution is 2.32. The molecule has 2 fully saturated rings. The summed E-state index contributed by atoms with van der Waals surface area (Å²) in [4.78, 5) is 4.81. The van der Waals surface area contributed by atoms with E-state index in [4.69, 9.17) is 9.47 Å². The number of piperazine rings is 1. The summed E-state index contributed by atoms with van der Waals surface area (Å²) in [5.74, 6) is -0.349. The van der Waals surface area contributed by atoms with Crippen molar-refractivity contribution in [1.29, 1.82) is 0 Å². The smallest absolute Gasteiger partial charge is 0.254 e. The summed E-state index contributed by atoms with van der Waals surface area (Å²) in [6.07, 6.45) is 1.24. The van der Waals surface area contributed by atoms with Crippen molar-refractivity contribution in [2.75, 3.05) is 46.4 Å². The van der Waals surface area contributed by atoms with Gasteiger partial charge in [0, 0.05) is 33.3 Å². The molecule has 0 aliphatic carbocycles. The topological polar surface area (TPSA) is 28.2 Å². The first-order chi connectivity index (χ1) is 6.80. The number of hydrogen-bond acceptors (Lipinski definition) is 4. The molecule has 0 radical (unpaired) electrons. The van der Waals surface area contributed by atoms with E-state index in [0.29, 0.717) is 0 Å². The maximum absolute atomic E-state index is 5.37. The first-order valence-corrected chi connectivity index (χ1v) is 5.47. The molecule has 0 amide bonds. The quantitative estimate of drug-likeness (QED) is 0.612. The molecule has 0 saturated carbocycles.